The molecule has 0 spiro atoms. The normalized spacial score (nSPS) is 12.2. The van der Waals surface area contributed by atoms with E-state index in [1.807, 2.05) is 6.92 Å². The highest BCUT2D eigenvalue weighted by Crippen LogP contribution is 2.24. The van der Waals surface area contributed by atoms with Crippen molar-refractivity contribution < 1.29 is 9.90 Å². The molecule has 5 heteroatoms. The molecule has 0 aliphatic carbocycles. The summed E-state index contributed by atoms with van der Waals surface area (Å²) < 4.78 is 0. The molecular weight excluding hydrogens is 249 g/mol. The van der Waals surface area contributed by atoms with Gasteiger partial charge in [-0.2, -0.15) is 0 Å². The zero-order chi connectivity index (χ0) is 12.1. The molecule has 0 fully saturated rings. The molecule has 0 aliphatic rings. The maximum absolute atomic E-state index is 11.8. The summed E-state index contributed by atoms with van der Waals surface area (Å²) in [6, 6.07) is 4.59. The monoisotopic (exact) mass is 261 g/mol. The average molecular weight is 262 g/mol. The van der Waals surface area contributed by atoms with Gasteiger partial charge in [-0.3, -0.25) is 4.79 Å². The second-order valence-electron chi connectivity index (χ2n) is 3.36. The van der Waals surface area contributed by atoms with Crippen molar-refractivity contribution >= 4 is 29.1 Å². The number of hydrogen-bond acceptors (Lipinski definition) is 2. The number of halogens is 2. The van der Waals surface area contributed by atoms with Gasteiger partial charge in [-0.1, -0.05) is 36.2 Å². The topological polar surface area (TPSA) is 49.3 Å². The maximum Gasteiger partial charge on any atom is 0.254 e. The third kappa shape index (κ3) is 3.11. The highest BCUT2D eigenvalue weighted by molar-refractivity contribution is 6.39. The van der Waals surface area contributed by atoms with Crippen LogP contribution in [0.1, 0.15) is 23.7 Å². The summed E-state index contributed by atoms with van der Waals surface area (Å²) in [4.78, 5) is 11.8. The lowest BCUT2D eigenvalue weighted by Gasteiger charge is -2.15. The minimum atomic E-state index is -0.364. The molecule has 1 atom stereocenters. The van der Waals surface area contributed by atoms with E-state index in [-0.39, 0.29) is 24.1 Å². The summed E-state index contributed by atoms with van der Waals surface area (Å²) in [5.41, 5.74) is 0.248. The van der Waals surface area contributed by atoms with Gasteiger partial charge >= 0.3 is 0 Å². The lowest BCUT2D eigenvalue weighted by atomic mass is 10.1. The van der Waals surface area contributed by atoms with Crippen molar-refractivity contribution in [2.24, 2.45) is 0 Å². The van der Waals surface area contributed by atoms with E-state index in [0.29, 0.717) is 16.5 Å². The SMILES string of the molecule is CC[C@@H](CO)NC(=O)c1c(Cl)cccc1Cl. The fraction of sp³-hybridized carbons (Fsp3) is 0.364. The quantitative estimate of drug-likeness (QED) is 0.875. The van der Waals surface area contributed by atoms with Crippen molar-refractivity contribution in [1.82, 2.24) is 5.32 Å². The summed E-state index contributed by atoms with van der Waals surface area (Å²) in [6.07, 6.45) is 0.643. The van der Waals surface area contributed by atoms with E-state index < -0.39 is 0 Å². The summed E-state index contributed by atoms with van der Waals surface area (Å²) in [5.74, 6) is -0.364. The first-order valence-electron chi connectivity index (χ1n) is 4.95. The van der Waals surface area contributed by atoms with Crippen molar-refractivity contribution in [1.29, 1.82) is 0 Å². The Morgan fingerprint density at radius 1 is 1.44 bits per heavy atom. The van der Waals surface area contributed by atoms with Crippen LogP contribution in [0.5, 0.6) is 0 Å². The highest BCUT2D eigenvalue weighted by atomic mass is 35.5. The van der Waals surface area contributed by atoms with Gasteiger partial charge in [0.05, 0.1) is 28.3 Å². The molecular formula is C11H13Cl2NO2. The number of nitrogens with one attached hydrogen (secondary N) is 1. The van der Waals surface area contributed by atoms with Crippen molar-refractivity contribution in [3.63, 3.8) is 0 Å². The third-order valence-electron chi connectivity index (χ3n) is 2.24. The van der Waals surface area contributed by atoms with E-state index in [1.165, 1.54) is 0 Å². The number of rotatable bonds is 4. The van der Waals surface area contributed by atoms with Gasteiger partial charge in [0, 0.05) is 0 Å². The van der Waals surface area contributed by atoms with Gasteiger partial charge < -0.3 is 10.4 Å². The maximum atomic E-state index is 11.8. The van der Waals surface area contributed by atoms with E-state index in [2.05, 4.69) is 5.32 Å². The summed E-state index contributed by atoms with van der Waals surface area (Å²) in [5, 5.41) is 12.2. The van der Waals surface area contributed by atoms with Gasteiger partial charge in [0.25, 0.3) is 5.91 Å². The Balaban J connectivity index is 2.88. The zero-order valence-corrected chi connectivity index (χ0v) is 10.3. The van der Waals surface area contributed by atoms with E-state index >= 15 is 0 Å². The van der Waals surface area contributed by atoms with Crippen molar-refractivity contribution in [2.75, 3.05) is 6.61 Å². The van der Waals surface area contributed by atoms with Crippen LogP contribution in [-0.4, -0.2) is 23.7 Å². The Morgan fingerprint density at radius 3 is 2.44 bits per heavy atom. The van der Waals surface area contributed by atoms with Crippen LogP contribution < -0.4 is 5.32 Å². The van der Waals surface area contributed by atoms with Crippen molar-refractivity contribution in [3.8, 4) is 0 Å². The Labute approximate surface area is 104 Å². The smallest absolute Gasteiger partial charge is 0.254 e. The molecule has 0 aliphatic heterocycles. The zero-order valence-electron chi connectivity index (χ0n) is 8.84. The Kier molecular flexibility index (Phi) is 5.06. The molecule has 0 saturated heterocycles. The predicted octanol–water partition coefficient (Wildman–Crippen LogP) is 2.49. The molecule has 16 heavy (non-hydrogen) atoms. The Hall–Kier alpha value is -0.770. The summed E-state index contributed by atoms with van der Waals surface area (Å²) in [6.45, 7) is 1.76. The molecule has 3 nitrogen and oxygen atoms in total. The summed E-state index contributed by atoms with van der Waals surface area (Å²) in [7, 11) is 0. The number of amides is 1. The molecule has 0 aromatic heterocycles. The number of aliphatic hydroxyl groups is 1. The highest BCUT2D eigenvalue weighted by Gasteiger charge is 2.16. The van der Waals surface area contributed by atoms with E-state index in [4.69, 9.17) is 28.3 Å². The standard InChI is InChI=1S/C11H13Cl2NO2/c1-2-7(6-15)14-11(16)10-8(12)4-3-5-9(10)13/h3-5,7,15H,2,6H2,1H3,(H,14,16)/t7-/m0/s1. The number of carbonyl (C=O) groups excluding carboxylic acids is 1. The van der Waals surface area contributed by atoms with Crippen LogP contribution in [0.4, 0.5) is 0 Å². The van der Waals surface area contributed by atoms with Gasteiger partial charge in [-0.15, -0.1) is 0 Å². The van der Waals surface area contributed by atoms with Gasteiger partial charge in [-0.25, -0.2) is 0 Å². The van der Waals surface area contributed by atoms with Crippen molar-refractivity contribution in [2.45, 2.75) is 19.4 Å². The minimum Gasteiger partial charge on any atom is -0.394 e. The molecule has 0 heterocycles. The fourth-order valence-electron chi connectivity index (χ4n) is 1.25. The number of benzene rings is 1. The van der Waals surface area contributed by atoms with Crippen LogP contribution in [-0.2, 0) is 0 Å². The Bertz CT molecular complexity index is 358. The Morgan fingerprint density at radius 2 is 2.00 bits per heavy atom. The molecule has 0 radical (unpaired) electrons. The van der Waals surface area contributed by atoms with Crippen LogP contribution in [0.2, 0.25) is 10.0 Å². The molecule has 88 valence electrons. The second kappa shape index (κ2) is 6.09. The number of hydrogen-bond donors (Lipinski definition) is 2. The first-order valence-corrected chi connectivity index (χ1v) is 5.71. The van der Waals surface area contributed by atoms with Gasteiger partial charge in [-0.05, 0) is 18.6 Å². The first-order chi connectivity index (χ1) is 7.60. The number of aliphatic hydroxyl groups excluding tert-OH is 1. The van der Waals surface area contributed by atoms with Crippen LogP contribution in [0.3, 0.4) is 0 Å². The van der Waals surface area contributed by atoms with Gasteiger partial charge in [0.1, 0.15) is 0 Å². The molecule has 0 bridgehead atoms. The van der Waals surface area contributed by atoms with Crippen LogP contribution in [0.15, 0.2) is 18.2 Å². The molecule has 0 unspecified atom stereocenters. The minimum absolute atomic E-state index is 0.107. The number of carbonyl (C=O) groups is 1. The molecule has 1 amide bonds. The van der Waals surface area contributed by atoms with Crippen LogP contribution in [0.25, 0.3) is 0 Å². The largest absolute Gasteiger partial charge is 0.394 e. The van der Waals surface area contributed by atoms with Crippen LogP contribution >= 0.6 is 23.2 Å². The molecule has 2 N–H and O–H groups in total. The molecule has 1 aromatic carbocycles. The van der Waals surface area contributed by atoms with E-state index in [1.54, 1.807) is 18.2 Å². The fourth-order valence-corrected chi connectivity index (χ4v) is 1.82. The van der Waals surface area contributed by atoms with E-state index in [9.17, 15) is 4.79 Å². The first kappa shape index (κ1) is 13.3. The third-order valence-corrected chi connectivity index (χ3v) is 2.87. The predicted molar refractivity (Wildman–Crippen MR) is 65.1 cm³/mol. The van der Waals surface area contributed by atoms with Gasteiger partial charge in [0.2, 0.25) is 0 Å². The van der Waals surface area contributed by atoms with Gasteiger partial charge in [0.15, 0.2) is 0 Å². The van der Waals surface area contributed by atoms with Crippen molar-refractivity contribution in [3.05, 3.63) is 33.8 Å². The average Bonchev–Trinajstić information content (AvgIpc) is 2.25. The van der Waals surface area contributed by atoms with E-state index in [0.717, 1.165) is 0 Å². The molecule has 0 saturated carbocycles. The molecule has 1 aromatic rings. The summed E-state index contributed by atoms with van der Waals surface area (Å²) >= 11 is 11.8. The lowest BCUT2D eigenvalue weighted by Crippen LogP contribution is -2.37. The lowest BCUT2D eigenvalue weighted by molar-refractivity contribution is 0.0915. The molecule has 1 rings (SSSR count). The second-order valence-corrected chi connectivity index (χ2v) is 4.17. The van der Waals surface area contributed by atoms with Crippen LogP contribution in [0, 0.1) is 0 Å².